The minimum Gasteiger partial charge on any atom is -0.359 e. The standard InChI is InChI=1S/C18H17N5O2S/c1-12-9-23-17(24)7-13(20-18(23)26-12)10-22(2)11-14-8-16(21-25-14)15-5-3-4-6-19-15/h3-9H,10-11H2,1-2H3. The van der Waals surface area contributed by atoms with Gasteiger partial charge in [-0.05, 0) is 26.1 Å². The Bertz CT molecular complexity index is 1100. The van der Waals surface area contributed by atoms with Crippen molar-refractivity contribution in [3.8, 4) is 11.4 Å². The lowest BCUT2D eigenvalue weighted by Gasteiger charge is -2.13. The van der Waals surface area contributed by atoms with Gasteiger partial charge in [-0.3, -0.25) is 19.1 Å². The predicted octanol–water partition coefficient (Wildman–Crippen LogP) is 2.75. The molecule has 0 aliphatic carbocycles. The van der Waals surface area contributed by atoms with E-state index in [2.05, 4.69) is 15.1 Å². The number of aromatic nitrogens is 4. The van der Waals surface area contributed by atoms with Crippen LogP contribution in [0.1, 0.15) is 16.3 Å². The third kappa shape index (κ3) is 3.42. The van der Waals surface area contributed by atoms with Gasteiger partial charge in [-0.15, -0.1) is 11.3 Å². The van der Waals surface area contributed by atoms with E-state index in [4.69, 9.17) is 4.52 Å². The molecule has 4 aromatic heterocycles. The van der Waals surface area contributed by atoms with Crippen molar-refractivity contribution < 1.29 is 4.52 Å². The van der Waals surface area contributed by atoms with Crippen LogP contribution in [-0.4, -0.2) is 31.5 Å². The Morgan fingerprint density at radius 1 is 1.23 bits per heavy atom. The van der Waals surface area contributed by atoms with Gasteiger partial charge in [0.05, 0.1) is 17.9 Å². The molecule has 4 aromatic rings. The molecule has 0 aromatic carbocycles. The van der Waals surface area contributed by atoms with E-state index >= 15 is 0 Å². The van der Waals surface area contributed by atoms with Crippen molar-refractivity contribution in [1.82, 2.24) is 24.4 Å². The van der Waals surface area contributed by atoms with Gasteiger partial charge in [-0.25, -0.2) is 4.98 Å². The van der Waals surface area contributed by atoms with E-state index in [0.29, 0.717) is 18.8 Å². The van der Waals surface area contributed by atoms with Crippen LogP contribution in [0.4, 0.5) is 0 Å². The molecular weight excluding hydrogens is 350 g/mol. The normalized spacial score (nSPS) is 11.5. The van der Waals surface area contributed by atoms with Gasteiger partial charge in [0.2, 0.25) is 0 Å². The lowest BCUT2D eigenvalue weighted by Crippen LogP contribution is -2.20. The second-order valence-electron chi connectivity index (χ2n) is 6.15. The first kappa shape index (κ1) is 16.6. The van der Waals surface area contributed by atoms with Crippen LogP contribution < -0.4 is 5.56 Å². The van der Waals surface area contributed by atoms with Crippen LogP contribution in [0.3, 0.4) is 0 Å². The lowest BCUT2D eigenvalue weighted by molar-refractivity contribution is 0.264. The van der Waals surface area contributed by atoms with Crippen molar-refractivity contribution in [2.24, 2.45) is 0 Å². The molecule has 8 heteroatoms. The largest absolute Gasteiger partial charge is 0.359 e. The highest BCUT2D eigenvalue weighted by atomic mass is 32.1. The molecule has 132 valence electrons. The maximum absolute atomic E-state index is 12.2. The van der Waals surface area contributed by atoms with Crippen molar-refractivity contribution in [2.75, 3.05) is 7.05 Å². The molecule has 0 saturated heterocycles. The van der Waals surface area contributed by atoms with Crippen LogP contribution in [0.15, 0.2) is 52.0 Å². The summed E-state index contributed by atoms with van der Waals surface area (Å²) in [5.74, 6) is 0.734. The quantitative estimate of drug-likeness (QED) is 0.540. The van der Waals surface area contributed by atoms with Gasteiger partial charge in [0.25, 0.3) is 5.56 Å². The molecule has 4 heterocycles. The minimum atomic E-state index is -0.0557. The van der Waals surface area contributed by atoms with Crippen LogP contribution in [0.2, 0.25) is 0 Å². The fraction of sp³-hybridized carbons (Fsp3) is 0.222. The van der Waals surface area contributed by atoms with E-state index in [0.717, 1.165) is 27.0 Å². The van der Waals surface area contributed by atoms with Crippen LogP contribution >= 0.6 is 11.3 Å². The monoisotopic (exact) mass is 367 g/mol. The summed E-state index contributed by atoms with van der Waals surface area (Å²) in [5.41, 5.74) is 2.17. The fourth-order valence-electron chi connectivity index (χ4n) is 2.76. The Balaban J connectivity index is 1.48. The Morgan fingerprint density at radius 3 is 2.92 bits per heavy atom. The van der Waals surface area contributed by atoms with Crippen LogP contribution in [0.5, 0.6) is 0 Å². The minimum absolute atomic E-state index is 0.0557. The average molecular weight is 367 g/mol. The van der Waals surface area contributed by atoms with Gasteiger partial charge in [0, 0.05) is 35.9 Å². The second kappa shape index (κ2) is 6.81. The topological polar surface area (TPSA) is 76.5 Å². The van der Waals surface area contributed by atoms with E-state index < -0.39 is 0 Å². The smallest absolute Gasteiger partial charge is 0.258 e. The Kier molecular flexibility index (Phi) is 4.36. The number of hydrogen-bond acceptors (Lipinski definition) is 7. The lowest BCUT2D eigenvalue weighted by atomic mass is 10.2. The highest BCUT2D eigenvalue weighted by Crippen LogP contribution is 2.18. The van der Waals surface area contributed by atoms with E-state index in [1.165, 1.54) is 11.3 Å². The van der Waals surface area contributed by atoms with Crippen molar-refractivity contribution in [1.29, 1.82) is 0 Å². The fourth-order valence-corrected chi connectivity index (χ4v) is 3.61. The van der Waals surface area contributed by atoms with E-state index in [-0.39, 0.29) is 5.56 Å². The Morgan fingerprint density at radius 2 is 2.12 bits per heavy atom. The molecular formula is C18H17N5O2S. The van der Waals surface area contributed by atoms with Gasteiger partial charge in [0.1, 0.15) is 5.69 Å². The maximum Gasteiger partial charge on any atom is 0.258 e. The summed E-state index contributed by atoms with van der Waals surface area (Å²) in [6, 6.07) is 9.12. The summed E-state index contributed by atoms with van der Waals surface area (Å²) in [5, 5.41) is 4.07. The summed E-state index contributed by atoms with van der Waals surface area (Å²) in [6.45, 7) is 3.07. The van der Waals surface area contributed by atoms with E-state index in [9.17, 15) is 4.79 Å². The molecule has 0 spiro atoms. The summed E-state index contributed by atoms with van der Waals surface area (Å²) in [4.78, 5) is 24.8. The summed E-state index contributed by atoms with van der Waals surface area (Å²) in [6.07, 6.45) is 3.54. The van der Waals surface area contributed by atoms with Crippen molar-refractivity contribution in [3.63, 3.8) is 0 Å². The van der Waals surface area contributed by atoms with Crippen LogP contribution in [-0.2, 0) is 13.1 Å². The Hall–Kier alpha value is -2.84. The molecule has 26 heavy (non-hydrogen) atoms. The number of aryl methyl sites for hydroxylation is 1. The van der Waals surface area contributed by atoms with Gasteiger partial charge < -0.3 is 4.52 Å². The second-order valence-corrected chi connectivity index (χ2v) is 7.36. The first-order valence-electron chi connectivity index (χ1n) is 8.13. The zero-order chi connectivity index (χ0) is 18.1. The first-order chi connectivity index (χ1) is 12.6. The Labute approximate surface area is 153 Å². The molecule has 0 aliphatic heterocycles. The van der Waals surface area contributed by atoms with Crippen molar-refractivity contribution in [2.45, 2.75) is 20.0 Å². The van der Waals surface area contributed by atoms with Crippen LogP contribution in [0.25, 0.3) is 16.3 Å². The molecule has 0 N–H and O–H groups in total. The molecule has 0 fully saturated rings. The van der Waals surface area contributed by atoms with Gasteiger partial charge in [0.15, 0.2) is 10.7 Å². The molecule has 0 atom stereocenters. The number of hydrogen-bond donors (Lipinski definition) is 0. The third-order valence-corrected chi connectivity index (χ3v) is 4.78. The highest BCUT2D eigenvalue weighted by Gasteiger charge is 2.12. The van der Waals surface area contributed by atoms with Gasteiger partial charge in [-0.1, -0.05) is 11.2 Å². The number of nitrogens with zero attached hydrogens (tertiary/aromatic N) is 5. The summed E-state index contributed by atoms with van der Waals surface area (Å²) in [7, 11) is 1.95. The third-order valence-electron chi connectivity index (χ3n) is 3.88. The average Bonchev–Trinajstić information content (AvgIpc) is 3.22. The summed E-state index contributed by atoms with van der Waals surface area (Å²) < 4.78 is 6.99. The molecule has 0 radical (unpaired) electrons. The predicted molar refractivity (Wildman–Crippen MR) is 99.0 cm³/mol. The molecule has 0 saturated carbocycles. The molecule has 0 amide bonds. The molecule has 4 rings (SSSR count). The highest BCUT2D eigenvalue weighted by molar-refractivity contribution is 7.16. The number of fused-ring (bicyclic) bond motifs is 1. The number of thiazole rings is 1. The summed E-state index contributed by atoms with van der Waals surface area (Å²) >= 11 is 1.51. The molecule has 7 nitrogen and oxygen atoms in total. The number of pyridine rings is 1. The van der Waals surface area contributed by atoms with Gasteiger partial charge in [-0.2, -0.15) is 0 Å². The van der Waals surface area contributed by atoms with E-state index in [1.54, 1.807) is 16.7 Å². The van der Waals surface area contributed by atoms with E-state index in [1.807, 2.05) is 49.3 Å². The SMILES string of the molecule is Cc1cn2c(=O)cc(CN(C)Cc3cc(-c4ccccn4)no3)nc2s1. The van der Waals surface area contributed by atoms with Crippen LogP contribution in [0, 0.1) is 6.92 Å². The molecule has 0 unspecified atom stereocenters. The number of rotatable bonds is 5. The van der Waals surface area contributed by atoms with Crippen molar-refractivity contribution in [3.05, 3.63) is 69.4 Å². The van der Waals surface area contributed by atoms with Crippen molar-refractivity contribution >= 4 is 16.3 Å². The molecule has 0 bridgehead atoms. The zero-order valence-corrected chi connectivity index (χ0v) is 15.2. The van der Waals surface area contributed by atoms with Gasteiger partial charge >= 0.3 is 0 Å². The molecule has 0 aliphatic rings. The maximum atomic E-state index is 12.2. The zero-order valence-electron chi connectivity index (χ0n) is 14.4. The first-order valence-corrected chi connectivity index (χ1v) is 8.94.